The van der Waals surface area contributed by atoms with Crippen molar-refractivity contribution in [2.24, 2.45) is 0 Å². The predicted octanol–water partition coefficient (Wildman–Crippen LogP) is 2.23. The molecule has 0 radical (unpaired) electrons. The number of hydrogen-bond acceptors (Lipinski definition) is 4. The molecule has 4 nitrogen and oxygen atoms in total. The number of amides is 1. The van der Waals surface area contributed by atoms with Crippen molar-refractivity contribution in [3.05, 3.63) is 5.01 Å². The average Bonchev–Trinajstić information content (AvgIpc) is 2.53. The topological polar surface area (TPSA) is 54.9 Å². The van der Waals surface area contributed by atoms with Gasteiger partial charge in [0.2, 0.25) is 11.0 Å². The van der Waals surface area contributed by atoms with Crippen molar-refractivity contribution in [3.63, 3.8) is 0 Å². The molecule has 0 atom stereocenters. The van der Waals surface area contributed by atoms with Crippen LogP contribution in [0, 0.1) is 0 Å². The molecule has 14 heavy (non-hydrogen) atoms. The fraction of sp³-hybridized carbons (Fsp3) is 0.625. The van der Waals surface area contributed by atoms with E-state index in [-0.39, 0.29) is 5.91 Å². The zero-order valence-corrected chi connectivity index (χ0v) is 9.65. The molecule has 1 heterocycles. The second-order valence-electron chi connectivity index (χ2n) is 3.09. The third-order valence-electron chi connectivity index (χ3n) is 1.50. The first-order valence-electron chi connectivity index (χ1n) is 4.32. The van der Waals surface area contributed by atoms with Gasteiger partial charge in [-0.3, -0.25) is 4.79 Å². The van der Waals surface area contributed by atoms with Crippen molar-refractivity contribution in [2.75, 3.05) is 11.2 Å². The molecule has 0 aliphatic heterocycles. The molecule has 1 aromatic heterocycles. The van der Waals surface area contributed by atoms with Gasteiger partial charge < -0.3 is 5.32 Å². The zero-order valence-electron chi connectivity index (χ0n) is 8.08. The Kier molecular flexibility index (Phi) is 4.28. The Balaban J connectivity index is 2.55. The van der Waals surface area contributed by atoms with E-state index in [4.69, 9.17) is 11.6 Å². The lowest BCUT2D eigenvalue weighted by Crippen LogP contribution is -2.11. The molecule has 0 aliphatic carbocycles. The molecule has 0 saturated heterocycles. The van der Waals surface area contributed by atoms with Crippen molar-refractivity contribution in [1.82, 2.24) is 10.2 Å². The van der Waals surface area contributed by atoms with Crippen LogP contribution in [0.25, 0.3) is 0 Å². The van der Waals surface area contributed by atoms with E-state index in [1.807, 2.05) is 13.8 Å². The highest BCUT2D eigenvalue weighted by Crippen LogP contribution is 2.22. The Morgan fingerprint density at radius 3 is 2.79 bits per heavy atom. The predicted molar refractivity (Wildman–Crippen MR) is 58.0 cm³/mol. The van der Waals surface area contributed by atoms with E-state index < -0.39 is 0 Å². The fourth-order valence-corrected chi connectivity index (χ4v) is 1.72. The molecule has 0 spiro atoms. The summed E-state index contributed by atoms with van der Waals surface area (Å²) >= 11 is 6.82. The SMILES string of the molecule is CC(C)c1nnc(NC(=O)CCCl)s1. The van der Waals surface area contributed by atoms with Gasteiger partial charge >= 0.3 is 0 Å². The second kappa shape index (κ2) is 5.26. The molecular weight excluding hydrogens is 222 g/mol. The summed E-state index contributed by atoms with van der Waals surface area (Å²) in [5, 5.41) is 11.9. The highest BCUT2D eigenvalue weighted by atomic mass is 35.5. The molecule has 1 aromatic rings. The zero-order chi connectivity index (χ0) is 10.6. The third-order valence-corrected chi connectivity index (χ3v) is 2.83. The third kappa shape index (κ3) is 3.23. The highest BCUT2D eigenvalue weighted by Gasteiger charge is 2.09. The molecule has 1 amide bonds. The number of halogens is 1. The van der Waals surface area contributed by atoms with E-state index in [1.54, 1.807) is 0 Å². The van der Waals surface area contributed by atoms with Crippen LogP contribution in [0.15, 0.2) is 0 Å². The first kappa shape index (κ1) is 11.4. The summed E-state index contributed by atoms with van der Waals surface area (Å²) in [5.74, 6) is 0.541. The summed E-state index contributed by atoms with van der Waals surface area (Å²) in [4.78, 5) is 11.1. The molecule has 6 heteroatoms. The summed E-state index contributed by atoms with van der Waals surface area (Å²) in [6, 6.07) is 0. The Hall–Kier alpha value is -0.680. The van der Waals surface area contributed by atoms with Crippen LogP contribution in [-0.2, 0) is 4.79 Å². The van der Waals surface area contributed by atoms with Crippen molar-refractivity contribution < 1.29 is 4.79 Å². The largest absolute Gasteiger partial charge is 0.300 e. The molecule has 0 bridgehead atoms. The maximum Gasteiger partial charge on any atom is 0.227 e. The lowest BCUT2D eigenvalue weighted by molar-refractivity contribution is -0.115. The summed E-state index contributed by atoms with van der Waals surface area (Å²) in [5.41, 5.74) is 0. The number of nitrogens with one attached hydrogen (secondary N) is 1. The highest BCUT2D eigenvalue weighted by molar-refractivity contribution is 7.15. The summed E-state index contributed by atoms with van der Waals surface area (Å²) in [7, 11) is 0. The van der Waals surface area contributed by atoms with Crippen molar-refractivity contribution in [1.29, 1.82) is 0 Å². The molecule has 0 aliphatic rings. The first-order chi connectivity index (χ1) is 6.63. The number of aromatic nitrogens is 2. The number of carbonyl (C=O) groups excluding carboxylic acids is 1. The van der Waals surface area contributed by atoms with Crippen LogP contribution in [0.2, 0.25) is 0 Å². The lowest BCUT2D eigenvalue weighted by atomic mass is 10.2. The summed E-state index contributed by atoms with van der Waals surface area (Å²) in [6.45, 7) is 4.07. The van der Waals surface area contributed by atoms with Crippen LogP contribution in [0.1, 0.15) is 31.2 Å². The standard InChI is InChI=1S/C8H12ClN3OS/c1-5(2)7-11-12-8(14-7)10-6(13)3-4-9/h5H,3-4H2,1-2H3,(H,10,12,13). The van der Waals surface area contributed by atoms with Gasteiger partial charge in [-0.25, -0.2) is 0 Å². The smallest absolute Gasteiger partial charge is 0.227 e. The first-order valence-corrected chi connectivity index (χ1v) is 5.67. The minimum atomic E-state index is -0.119. The van der Waals surface area contributed by atoms with Gasteiger partial charge in [0.1, 0.15) is 5.01 Å². The van der Waals surface area contributed by atoms with Gasteiger partial charge in [-0.2, -0.15) is 0 Å². The van der Waals surface area contributed by atoms with Crippen LogP contribution in [0.5, 0.6) is 0 Å². The number of nitrogens with zero attached hydrogens (tertiary/aromatic N) is 2. The van der Waals surface area contributed by atoms with Crippen molar-refractivity contribution in [2.45, 2.75) is 26.2 Å². The molecule has 78 valence electrons. The van der Waals surface area contributed by atoms with E-state index in [0.717, 1.165) is 5.01 Å². The Labute approximate surface area is 91.7 Å². The van der Waals surface area contributed by atoms with Crippen molar-refractivity contribution in [3.8, 4) is 0 Å². The van der Waals surface area contributed by atoms with Crippen LogP contribution in [0.4, 0.5) is 5.13 Å². The molecule has 0 saturated carbocycles. The van der Waals surface area contributed by atoms with Gasteiger partial charge in [0, 0.05) is 18.2 Å². The number of anilines is 1. The maximum absolute atomic E-state index is 11.1. The molecule has 0 fully saturated rings. The average molecular weight is 234 g/mol. The van der Waals surface area contributed by atoms with Gasteiger partial charge in [0.25, 0.3) is 0 Å². The van der Waals surface area contributed by atoms with E-state index >= 15 is 0 Å². The normalized spacial score (nSPS) is 10.6. The van der Waals surface area contributed by atoms with Gasteiger partial charge in [0.05, 0.1) is 0 Å². The van der Waals surface area contributed by atoms with Gasteiger partial charge in [-0.15, -0.1) is 21.8 Å². The minimum absolute atomic E-state index is 0.119. The lowest BCUT2D eigenvalue weighted by Gasteiger charge is -1.97. The Morgan fingerprint density at radius 1 is 1.57 bits per heavy atom. The molecular formula is C8H12ClN3OS. The Bertz CT molecular complexity index is 313. The van der Waals surface area contributed by atoms with Crippen molar-refractivity contribution >= 4 is 34.0 Å². The van der Waals surface area contributed by atoms with Gasteiger partial charge in [-0.1, -0.05) is 25.2 Å². The number of hydrogen-bond donors (Lipinski definition) is 1. The quantitative estimate of drug-likeness (QED) is 0.812. The summed E-state index contributed by atoms with van der Waals surface area (Å²) in [6.07, 6.45) is 0.304. The van der Waals surface area contributed by atoms with E-state index in [9.17, 15) is 4.79 Å². The van der Waals surface area contributed by atoms with E-state index in [1.165, 1.54) is 11.3 Å². The van der Waals surface area contributed by atoms with E-state index in [2.05, 4.69) is 15.5 Å². The fourth-order valence-electron chi connectivity index (χ4n) is 0.786. The molecule has 0 unspecified atom stereocenters. The van der Waals surface area contributed by atoms with Gasteiger partial charge in [-0.05, 0) is 0 Å². The van der Waals surface area contributed by atoms with Crippen LogP contribution >= 0.6 is 22.9 Å². The minimum Gasteiger partial charge on any atom is -0.300 e. The van der Waals surface area contributed by atoms with E-state index in [0.29, 0.717) is 23.4 Å². The molecule has 1 N–H and O–H groups in total. The molecule has 1 rings (SSSR count). The Morgan fingerprint density at radius 2 is 2.29 bits per heavy atom. The van der Waals surface area contributed by atoms with Crippen LogP contribution in [0.3, 0.4) is 0 Å². The van der Waals surface area contributed by atoms with Gasteiger partial charge in [0.15, 0.2) is 0 Å². The maximum atomic E-state index is 11.1. The monoisotopic (exact) mass is 233 g/mol. The summed E-state index contributed by atoms with van der Waals surface area (Å²) < 4.78 is 0. The number of carbonyl (C=O) groups is 1. The van der Waals surface area contributed by atoms with Crippen LogP contribution in [-0.4, -0.2) is 22.0 Å². The number of rotatable bonds is 4. The molecule has 0 aromatic carbocycles. The second-order valence-corrected chi connectivity index (χ2v) is 4.47. The van der Waals surface area contributed by atoms with Crippen LogP contribution < -0.4 is 5.32 Å². The number of alkyl halides is 1.